The first-order valence-electron chi connectivity index (χ1n) is 7.36. The molecule has 2 aromatic carbocycles. The van der Waals surface area contributed by atoms with Crippen LogP contribution in [0.15, 0.2) is 53.4 Å². The van der Waals surface area contributed by atoms with Crippen molar-refractivity contribution in [3.05, 3.63) is 54.1 Å². The molecule has 5 heteroatoms. The lowest BCUT2D eigenvalue weighted by atomic mass is 10.2. The normalized spacial score (nSPS) is 10.6. The maximum absolute atomic E-state index is 12.1. The number of carbonyl (C=O) groups excluding carboxylic acids is 1. The van der Waals surface area contributed by atoms with Crippen LogP contribution in [0, 0.1) is 0 Å². The Kier molecular flexibility index (Phi) is 6.50. The Morgan fingerprint density at radius 2 is 1.96 bits per heavy atom. The number of benzene rings is 2. The van der Waals surface area contributed by atoms with Gasteiger partial charge in [-0.3, -0.25) is 9.69 Å². The molecule has 1 N–H and O–H groups in total. The summed E-state index contributed by atoms with van der Waals surface area (Å²) in [5, 5.41) is 2.94. The lowest BCUT2D eigenvalue weighted by molar-refractivity contribution is -0.117. The van der Waals surface area contributed by atoms with Crippen molar-refractivity contribution >= 4 is 23.4 Å². The third-order valence-corrected chi connectivity index (χ3v) is 4.10. The first-order chi connectivity index (χ1) is 11.1. The van der Waals surface area contributed by atoms with Crippen LogP contribution < -0.4 is 10.1 Å². The Labute approximate surface area is 141 Å². The van der Waals surface area contributed by atoms with Crippen LogP contribution in [0.4, 0.5) is 5.69 Å². The van der Waals surface area contributed by atoms with Gasteiger partial charge in [0, 0.05) is 17.1 Å². The first-order valence-corrected chi connectivity index (χ1v) is 8.58. The monoisotopic (exact) mass is 330 g/mol. The van der Waals surface area contributed by atoms with E-state index >= 15 is 0 Å². The minimum atomic E-state index is -0.0146. The van der Waals surface area contributed by atoms with Crippen molar-refractivity contribution in [3.63, 3.8) is 0 Å². The Balaban J connectivity index is 1.86. The molecule has 0 heterocycles. The summed E-state index contributed by atoms with van der Waals surface area (Å²) in [6.45, 7) is 1.05. The molecule has 0 bridgehead atoms. The topological polar surface area (TPSA) is 41.6 Å². The lowest BCUT2D eigenvalue weighted by Gasteiger charge is -2.16. The summed E-state index contributed by atoms with van der Waals surface area (Å²) in [6.07, 6.45) is 2.02. The molecule has 0 saturated carbocycles. The second-order valence-corrected chi connectivity index (χ2v) is 6.18. The summed E-state index contributed by atoms with van der Waals surface area (Å²) in [6, 6.07) is 15.7. The molecule has 0 aliphatic rings. The molecule has 2 aromatic rings. The predicted octanol–water partition coefficient (Wildman–Crippen LogP) is 3.49. The summed E-state index contributed by atoms with van der Waals surface area (Å²) in [5.74, 6) is 0.821. The molecule has 0 aliphatic carbocycles. The number of methoxy groups -OCH3 is 1. The van der Waals surface area contributed by atoms with Crippen LogP contribution >= 0.6 is 11.8 Å². The van der Waals surface area contributed by atoms with Gasteiger partial charge < -0.3 is 10.1 Å². The molecule has 122 valence electrons. The van der Waals surface area contributed by atoms with E-state index in [2.05, 4.69) is 5.32 Å². The number of hydrogen-bond donors (Lipinski definition) is 1. The maximum atomic E-state index is 12.1. The second-order valence-electron chi connectivity index (χ2n) is 5.30. The largest absolute Gasteiger partial charge is 0.497 e. The second kappa shape index (κ2) is 8.60. The van der Waals surface area contributed by atoms with Crippen LogP contribution in [0.3, 0.4) is 0 Å². The van der Waals surface area contributed by atoms with Crippen molar-refractivity contribution in [1.29, 1.82) is 0 Å². The number of hydrogen-bond acceptors (Lipinski definition) is 4. The smallest absolute Gasteiger partial charge is 0.238 e. The van der Waals surface area contributed by atoms with E-state index in [1.165, 1.54) is 0 Å². The third-order valence-electron chi connectivity index (χ3n) is 3.38. The Hall–Kier alpha value is -1.98. The average molecular weight is 330 g/mol. The Morgan fingerprint density at radius 3 is 2.61 bits per heavy atom. The van der Waals surface area contributed by atoms with Crippen molar-refractivity contribution < 1.29 is 9.53 Å². The molecule has 23 heavy (non-hydrogen) atoms. The van der Waals surface area contributed by atoms with Crippen molar-refractivity contribution in [3.8, 4) is 5.75 Å². The van der Waals surface area contributed by atoms with Crippen LogP contribution in [-0.4, -0.2) is 37.8 Å². The van der Waals surface area contributed by atoms with Crippen molar-refractivity contribution in [2.75, 3.05) is 32.3 Å². The molecule has 2 rings (SSSR count). The van der Waals surface area contributed by atoms with Gasteiger partial charge >= 0.3 is 0 Å². The van der Waals surface area contributed by atoms with Gasteiger partial charge in [-0.05, 0) is 49.2 Å². The number of ether oxygens (including phenoxy) is 1. The van der Waals surface area contributed by atoms with Crippen molar-refractivity contribution in [2.24, 2.45) is 0 Å². The van der Waals surface area contributed by atoms with Crippen LogP contribution in [0.1, 0.15) is 5.56 Å². The molecule has 0 saturated heterocycles. The summed E-state index contributed by atoms with van der Waals surface area (Å²) in [4.78, 5) is 15.2. The fourth-order valence-corrected chi connectivity index (χ4v) is 2.70. The fraction of sp³-hybridized carbons (Fsp3) is 0.278. The quantitative estimate of drug-likeness (QED) is 0.789. The number of anilines is 1. The number of nitrogens with zero attached hydrogens (tertiary/aromatic N) is 1. The summed E-state index contributed by atoms with van der Waals surface area (Å²) in [5.41, 5.74) is 1.98. The van der Waals surface area contributed by atoms with Crippen LogP contribution in [0.5, 0.6) is 5.75 Å². The highest BCUT2D eigenvalue weighted by molar-refractivity contribution is 7.98. The van der Waals surface area contributed by atoms with E-state index in [1.54, 1.807) is 18.9 Å². The Morgan fingerprint density at radius 1 is 1.22 bits per heavy atom. The number of nitrogens with one attached hydrogen (secondary N) is 1. The van der Waals surface area contributed by atoms with Crippen LogP contribution in [0.25, 0.3) is 0 Å². The lowest BCUT2D eigenvalue weighted by Crippen LogP contribution is -2.29. The van der Waals surface area contributed by atoms with Gasteiger partial charge in [0.15, 0.2) is 0 Å². The van der Waals surface area contributed by atoms with E-state index in [-0.39, 0.29) is 5.91 Å². The highest BCUT2D eigenvalue weighted by Gasteiger charge is 2.08. The molecule has 4 nitrogen and oxygen atoms in total. The molecule has 0 fully saturated rings. The van der Waals surface area contributed by atoms with E-state index in [1.807, 2.05) is 66.7 Å². The minimum absolute atomic E-state index is 0.0146. The van der Waals surface area contributed by atoms with Gasteiger partial charge in [0.05, 0.1) is 13.7 Å². The number of carbonyl (C=O) groups is 1. The van der Waals surface area contributed by atoms with Gasteiger partial charge in [0.1, 0.15) is 5.75 Å². The van der Waals surface area contributed by atoms with Crippen molar-refractivity contribution in [1.82, 2.24) is 4.90 Å². The van der Waals surface area contributed by atoms with Gasteiger partial charge in [-0.25, -0.2) is 0 Å². The van der Waals surface area contributed by atoms with E-state index in [9.17, 15) is 4.79 Å². The van der Waals surface area contributed by atoms with E-state index < -0.39 is 0 Å². The van der Waals surface area contributed by atoms with Crippen molar-refractivity contribution in [2.45, 2.75) is 11.4 Å². The van der Waals surface area contributed by atoms with Gasteiger partial charge in [0.25, 0.3) is 0 Å². The summed E-state index contributed by atoms with van der Waals surface area (Å²) >= 11 is 1.66. The van der Waals surface area contributed by atoms with Gasteiger partial charge in [-0.2, -0.15) is 0 Å². The number of likely N-dealkylation sites (N-methyl/N-ethyl adjacent to an activating group) is 1. The van der Waals surface area contributed by atoms with E-state index in [0.717, 1.165) is 21.9 Å². The molecule has 0 atom stereocenters. The molecule has 0 aliphatic heterocycles. The highest BCUT2D eigenvalue weighted by atomic mass is 32.2. The van der Waals surface area contributed by atoms with Gasteiger partial charge in [-0.1, -0.05) is 18.2 Å². The zero-order valence-corrected chi connectivity index (χ0v) is 14.5. The number of thioether (sulfide) groups is 1. The number of rotatable bonds is 7. The fourth-order valence-electron chi connectivity index (χ4n) is 2.25. The number of amides is 1. The van der Waals surface area contributed by atoms with Crippen LogP contribution in [-0.2, 0) is 11.3 Å². The SMILES string of the molecule is COc1ccc(CN(C)CC(=O)Nc2cccc(SC)c2)cc1. The highest BCUT2D eigenvalue weighted by Crippen LogP contribution is 2.19. The average Bonchev–Trinajstić information content (AvgIpc) is 2.55. The van der Waals surface area contributed by atoms with Gasteiger partial charge in [0.2, 0.25) is 5.91 Å². The molecule has 0 spiro atoms. The Bertz CT molecular complexity index is 644. The molecule has 0 radical (unpaired) electrons. The predicted molar refractivity (Wildman–Crippen MR) is 96.2 cm³/mol. The van der Waals surface area contributed by atoms with Crippen LogP contribution in [0.2, 0.25) is 0 Å². The minimum Gasteiger partial charge on any atom is -0.497 e. The molecular formula is C18H22N2O2S. The van der Waals surface area contributed by atoms with Gasteiger partial charge in [-0.15, -0.1) is 11.8 Å². The summed E-state index contributed by atoms with van der Waals surface area (Å²) in [7, 11) is 3.58. The first kappa shape index (κ1) is 17.4. The zero-order chi connectivity index (χ0) is 16.7. The van der Waals surface area contributed by atoms with E-state index in [4.69, 9.17) is 4.74 Å². The molecular weight excluding hydrogens is 308 g/mol. The molecule has 1 amide bonds. The molecule has 0 unspecified atom stereocenters. The zero-order valence-electron chi connectivity index (χ0n) is 13.7. The third kappa shape index (κ3) is 5.62. The van der Waals surface area contributed by atoms with E-state index in [0.29, 0.717) is 13.1 Å². The maximum Gasteiger partial charge on any atom is 0.238 e. The standard InChI is InChI=1S/C18H22N2O2S/c1-20(12-14-7-9-16(22-2)10-8-14)13-18(21)19-15-5-4-6-17(11-15)23-3/h4-11H,12-13H2,1-3H3,(H,19,21). The molecule has 0 aromatic heterocycles. The summed E-state index contributed by atoms with van der Waals surface area (Å²) < 4.78 is 5.14.